The zero-order chi connectivity index (χ0) is 18.9. The maximum absolute atomic E-state index is 10.7. The lowest BCUT2D eigenvalue weighted by Gasteiger charge is -2.29. The van der Waals surface area contributed by atoms with Crippen LogP contribution < -0.4 is 9.64 Å². The average molecular weight is 401 g/mol. The van der Waals surface area contributed by atoms with Gasteiger partial charge in [-0.15, -0.1) is 11.3 Å². The number of aromatic nitrogens is 1. The third kappa shape index (κ3) is 4.00. The van der Waals surface area contributed by atoms with Crippen LogP contribution in [0.2, 0.25) is 0 Å². The number of hydrogen-bond acceptors (Lipinski definition) is 7. The monoisotopic (exact) mass is 400 g/mol. The third-order valence-electron chi connectivity index (χ3n) is 4.28. The van der Waals surface area contributed by atoms with E-state index in [1.165, 1.54) is 0 Å². The van der Waals surface area contributed by atoms with Crippen LogP contribution in [0.25, 0.3) is 21.5 Å². The number of nitrogens with zero attached hydrogens (tertiary/aromatic N) is 2. The van der Waals surface area contributed by atoms with E-state index in [1.54, 1.807) is 29.6 Å². The lowest BCUT2D eigenvalue weighted by atomic mass is 10.1. The third-order valence-corrected chi connectivity index (χ3v) is 5.74. The second-order valence-corrected chi connectivity index (χ2v) is 8.48. The van der Waals surface area contributed by atoms with Gasteiger partial charge in [0.15, 0.2) is 10.6 Å². The second kappa shape index (κ2) is 7.34. The normalized spacial score (nSPS) is 13.6. The van der Waals surface area contributed by atoms with Crippen LogP contribution in [0.5, 0.6) is 5.75 Å². The predicted molar refractivity (Wildman–Crippen MR) is 111 cm³/mol. The van der Waals surface area contributed by atoms with Gasteiger partial charge in [-0.2, -0.15) is 11.3 Å². The molecule has 4 rings (SSSR count). The highest BCUT2D eigenvalue weighted by Crippen LogP contribution is 2.33. The Bertz CT molecular complexity index is 1020. The minimum absolute atomic E-state index is 0.190. The van der Waals surface area contributed by atoms with Gasteiger partial charge >= 0.3 is 0 Å². The van der Waals surface area contributed by atoms with Crippen LogP contribution in [0, 0.1) is 0 Å². The zero-order valence-electron chi connectivity index (χ0n) is 15.1. The van der Waals surface area contributed by atoms with Crippen molar-refractivity contribution in [2.75, 3.05) is 25.1 Å². The van der Waals surface area contributed by atoms with Gasteiger partial charge in [0.25, 0.3) is 0 Å². The molecule has 0 saturated carbocycles. The van der Waals surface area contributed by atoms with E-state index in [1.807, 2.05) is 59.1 Å². The quantitative estimate of drug-likeness (QED) is 0.479. The topological polar surface area (TPSA) is 58.7 Å². The first kappa shape index (κ1) is 18.0. The molecule has 27 heavy (non-hydrogen) atoms. The van der Waals surface area contributed by atoms with Crippen LogP contribution >= 0.6 is 22.7 Å². The molecule has 0 radical (unpaired) electrons. The van der Waals surface area contributed by atoms with Crippen molar-refractivity contribution in [1.29, 1.82) is 0 Å². The summed E-state index contributed by atoms with van der Waals surface area (Å²) in [7, 11) is 1.97. The van der Waals surface area contributed by atoms with Gasteiger partial charge in [0.05, 0.1) is 5.39 Å². The SMILES string of the molecule is CN(C[C@](C)(O)COc1cccc(-c2onc3sccc23)c1)c1ccsc1. The van der Waals surface area contributed by atoms with Crippen LogP contribution in [0.1, 0.15) is 6.92 Å². The minimum Gasteiger partial charge on any atom is -0.491 e. The Morgan fingerprint density at radius 3 is 2.96 bits per heavy atom. The summed E-state index contributed by atoms with van der Waals surface area (Å²) in [5.74, 6) is 1.42. The summed E-state index contributed by atoms with van der Waals surface area (Å²) in [6, 6.07) is 11.7. The van der Waals surface area contributed by atoms with Crippen LogP contribution in [-0.2, 0) is 0 Å². The molecule has 3 heterocycles. The summed E-state index contributed by atoms with van der Waals surface area (Å²) >= 11 is 3.19. The number of anilines is 1. The van der Waals surface area contributed by atoms with Crippen molar-refractivity contribution in [2.45, 2.75) is 12.5 Å². The Morgan fingerprint density at radius 1 is 1.26 bits per heavy atom. The van der Waals surface area contributed by atoms with Crippen LogP contribution in [0.4, 0.5) is 5.69 Å². The first-order chi connectivity index (χ1) is 13.0. The Morgan fingerprint density at radius 2 is 2.15 bits per heavy atom. The number of hydrogen-bond donors (Lipinski definition) is 1. The van der Waals surface area contributed by atoms with Gasteiger partial charge < -0.3 is 19.3 Å². The summed E-state index contributed by atoms with van der Waals surface area (Å²) in [5, 5.41) is 21.9. The van der Waals surface area contributed by atoms with Crippen molar-refractivity contribution in [3.05, 3.63) is 52.5 Å². The van der Waals surface area contributed by atoms with E-state index >= 15 is 0 Å². The molecule has 1 N–H and O–H groups in total. The molecule has 0 aliphatic heterocycles. The fraction of sp³-hybridized carbons (Fsp3) is 0.250. The summed E-state index contributed by atoms with van der Waals surface area (Å²) < 4.78 is 11.4. The molecule has 0 aliphatic rings. The van der Waals surface area contributed by atoms with Gasteiger partial charge in [-0.1, -0.05) is 17.3 Å². The molecule has 3 aromatic heterocycles. The molecule has 1 aromatic carbocycles. The molecule has 0 saturated heterocycles. The standard InChI is InChI=1S/C20H20N2O3S2/c1-20(23,12-22(2)15-6-8-26-11-15)13-24-16-5-3-4-14(10-16)18-17-7-9-27-19(17)21-25-18/h3-11,23H,12-13H2,1-2H3/t20-/m0/s1. The van der Waals surface area contributed by atoms with Gasteiger partial charge in [-0.3, -0.25) is 0 Å². The first-order valence-corrected chi connectivity index (χ1v) is 10.4. The average Bonchev–Trinajstić information content (AvgIpc) is 3.37. The van der Waals surface area contributed by atoms with Crippen LogP contribution in [0.3, 0.4) is 0 Å². The van der Waals surface area contributed by atoms with Gasteiger partial charge in [-0.25, -0.2) is 0 Å². The van der Waals surface area contributed by atoms with E-state index in [9.17, 15) is 5.11 Å². The van der Waals surface area contributed by atoms with Crippen molar-refractivity contribution in [2.24, 2.45) is 0 Å². The van der Waals surface area contributed by atoms with Crippen LogP contribution in [0.15, 0.2) is 57.1 Å². The number of fused-ring (bicyclic) bond motifs is 1. The second-order valence-electron chi connectivity index (χ2n) is 6.80. The maximum Gasteiger partial charge on any atom is 0.175 e. The van der Waals surface area contributed by atoms with Gasteiger partial charge in [0, 0.05) is 30.2 Å². The van der Waals surface area contributed by atoms with Gasteiger partial charge in [-0.05, 0) is 41.9 Å². The molecule has 0 aliphatic carbocycles. The summed E-state index contributed by atoms with van der Waals surface area (Å²) in [6.45, 7) is 2.45. The van der Waals surface area contributed by atoms with Crippen molar-refractivity contribution in [3.63, 3.8) is 0 Å². The molecular formula is C20H20N2O3S2. The molecule has 0 unspecified atom stereocenters. The number of benzene rings is 1. The zero-order valence-corrected chi connectivity index (χ0v) is 16.7. The molecule has 0 fully saturated rings. The molecule has 1 atom stereocenters. The highest BCUT2D eigenvalue weighted by molar-refractivity contribution is 7.16. The molecular weight excluding hydrogens is 380 g/mol. The van der Waals surface area contributed by atoms with E-state index < -0.39 is 5.60 Å². The summed E-state index contributed by atoms with van der Waals surface area (Å²) in [6.07, 6.45) is 0. The van der Waals surface area contributed by atoms with Crippen molar-refractivity contribution in [3.8, 4) is 17.1 Å². The Hall–Kier alpha value is -2.35. The number of aliphatic hydroxyl groups is 1. The Kier molecular flexibility index (Phi) is 4.90. The molecule has 7 heteroatoms. The van der Waals surface area contributed by atoms with Crippen LogP contribution in [-0.4, -0.2) is 36.1 Å². The number of rotatable bonds is 7. The fourth-order valence-corrected chi connectivity index (χ4v) is 4.37. The largest absolute Gasteiger partial charge is 0.491 e. The van der Waals surface area contributed by atoms with E-state index in [4.69, 9.17) is 9.26 Å². The molecule has 0 bridgehead atoms. The van der Waals surface area contributed by atoms with Gasteiger partial charge in [0.2, 0.25) is 0 Å². The van der Waals surface area contributed by atoms with E-state index in [2.05, 4.69) is 10.5 Å². The van der Waals surface area contributed by atoms with E-state index in [0.717, 1.165) is 27.2 Å². The lowest BCUT2D eigenvalue weighted by molar-refractivity contribution is 0.0188. The number of thiophene rings is 2. The molecule has 140 valence electrons. The minimum atomic E-state index is -0.987. The molecule has 5 nitrogen and oxygen atoms in total. The number of ether oxygens (including phenoxy) is 1. The number of likely N-dealkylation sites (N-methyl/N-ethyl adjacent to an activating group) is 1. The molecule has 4 aromatic rings. The Balaban J connectivity index is 1.44. The molecule has 0 amide bonds. The predicted octanol–water partition coefficient (Wildman–Crippen LogP) is 4.88. The first-order valence-electron chi connectivity index (χ1n) is 8.54. The maximum atomic E-state index is 10.7. The van der Waals surface area contributed by atoms with E-state index in [-0.39, 0.29) is 6.61 Å². The van der Waals surface area contributed by atoms with Gasteiger partial charge in [0.1, 0.15) is 18.0 Å². The fourth-order valence-electron chi connectivity index (χ4n) is 2.98. The van der Waals surface area contributed by atoms with E-state index in [0.29, 0.717) is 12.3 Å². The van der Waals surface area contributed by atoms with Crippen molar-refractivity contribution < 1.29 is 14.4 Å². The summed E-state index contributed by atoms with van der Waals surface area (Å²) in [4.78, 5) is 2.91. The summed E-state index contributed by atoms with van der Waals surface area (Å²) in [5.41, 5.74) is 1.01. The highest BCUT2D eigenvalue weighted by Gasteiger charge is 2.24. The highest BCUT2D eigenvalue weighted by atomic mass is 32.1. The lowest BCUT2D eigenvalue weighted by Crippen LogP contribution is -2.43. The van der Waals surface area contributed by atoms with Crippen molar-refractivity contribution in [1.82, 2.24) is 5.16 Å². The van der Waals surface area contributed by atoms with Crippen molar-refractivity contribution >= 4 is 38.6 Å². The smallest absolute Gasteiger partial charge is 0.175 e. The molecule has 0 spiro atoms. The Labute approximate surface area is 165 Å².